The van der Waals surface area contributed by atoms with E-state index in [9.17, 15) is 14.4 Å². The molecule has 3 aromatic rings. The number of fused-ring (bicyclic) bond motifs is 1. The predicted molar refractivity (Wildman–Crippen MR) is 134 cm³/mol. The van der Waals surface area contributed by atoms with Gasteiger partial charge in [0.15, 0.2) is 0 Å². The van der Waals surface area contributed by atoms with E-state index >= 15 is 0 Å². The van der Waals surface area contributed by atoms with Gasteiger partial charge in [-0.05, 0) is 55.8 Å². The summed E-state index contributed by atoms with van der Waals surface area (Å²) in [4.78, 5) is 36.8. The number of hydrogen-bond acceptors (Lipinski definition) is 6. The van der Waals surface area contributed by atoms with Crippen LogP contribution in [0.3, 0.4) is 0 Å². The van der Waals surface area contributed by atoms with Gasteiger partial charge in [0.05, 0.1) is 24.1 Å². The number of rotatable bonds is 6. The Kier molecular flexibility index (Phi) is 6.82. The van der Waals surface area contributed by atoms with Crippen LogP contribution in [0.2, 0.25) is 0 Å². The summed E-state index contributed by atoms with van der Waals surface area (Å²) in [5.74, 6) is -0.196. The number of nitrogens with one attached hydrogen (secondary N) is 3. The van der Waals surface area contributed by atoms with Crippen LogP contribution >= 0.6 is 0 Å². The summed E-state index contributed by atoms with van der Waals surface area (Å²) in [5.41, 5.74) is 4.28. The summed E-state index contributed by atoms with van der Waals surface area (Å²) in [6, 6.07) is 21.4. The Bertz CT molecular complexity index is 1300. The van der Waals surface area contributed by atoms with Gasteiger partial charge in [0.2, 0.25) is 0 Å². The Hall–Kier alpha value is -4.59. The Morgan fingerprint density at radius 2 is 1.63 bits per heavy atom. The molecule has 1 aliphatic heterocycles. The van der Waals surface area contributed by atoms with Crippen LogP contribution in [-0.2, 0) is 9.53 Å². The minimum Gasteiger partial charge on any atom is -0.437 e. The van der Waals surface area contributed by atoms with Crippen LogP contribution in [0.25, 0.3) is 11.3 Å². The van der Waals surface area contributed by atoms with Gasteiger partial charge in [-0.3, -0.25) is 9.59 Å². The largest absolute Gasteiger partial charge is 0.513 e. The first-order valence-corrected chi connectivity index (χ1v) is 11.0. The molecule has 2 amide bonds. The van der Waals surface area contributed by atoms with Crippen LogP contribution in [0.5, 0.6) is 5.75 Å². The lowest BCUT2D eigenvalue weighted by atomic mass is 10.00. The molecule has 8 heteroatoms. The number of anilines is 2. The number of ether oxygens (including phenoxy) is 2. The van der Waals surface area contributed by atoms with E-state index in [1.807, 2.05) is 44.2 Å². The van der Waals surface area contributed by atoms with Crippen LogP contribution in [0.15, 0.2) is 72.8 Å². The average molecular weight is 472 g/mol. The quantitative estimate of drug-likeness (QED) is 0.268. The van der Waals surface area contributed by atoms with Crippen molar-refractivity contribution in [2.24, 2.45) is 0 Å². The lowest BCUT2D eigenvalue weighted by Gasteiger charge is -2.15. The molecule has 178 valence electrons. The molecule has 0 atom stereocenters. The lowest BCUT2D eigenvalue weighted by Crippen LogP contribution is -2.29. The van der Waals surface area contributed by atoms with Gasteiger partial charge < -0.3 is 25.4 Å². The molecular formula is C27H25N3O5. The van der Waals surface area contributed by atoms with E-state index < -0.39 is 6.16 Å². The number of hydrogen-bond donors (Lipinski definition) is 3. The van der Waals surface area contributed by atoms with Crippen LogP contribution in [0, 0.1) is 0 Å². The van der Waals surface area contributed by atoms with E-state index in [1.54, 1.807) is 42.5 Å². The first kappa shape index (κ1) is 23.6. The molecule has 1 heterocycles. The summed E-state index contributed by atoms with van der Waals surface area (Å²) in [6.07, 6.45) is -0.845. The minimum atomic E-state index is -0.845. The Morgan fingerprint density at radius 1 is 0.914 bits per heavy atom. The third-order valence-corrected chi connectivity index (χ3v) is 5.25. The van der Waals surface area contributed by atoms with Crippen LogP contribution in [-0.4, -0.2) is 31.1 Å². The van der Waals surface area contributed by atoms with Crippen molar-refractivity contribution in [2.75, 3.05) is 17.7 Å². The second-order valence-corrected chi connectivity index (χ2v) is 8.16. The van der Waals surface area contributed by atoms with Gasteiger partial charge in [0.25, 0.3) is 11.8 Å². The Labute approximate surface area is 202 Å². The van der Waals surface area contributed by atoms with Crippen molar-refractivity contribution in [3.05, 3.63) is 89.5 Å². The summed E-state index contributed by atoms with van der Waals surface area (Å²) in [7, 11) is 1.22. The van der Waals surface area contributed by atoms with Gasteiger partial charge in [0, 0.05) is 28.9 Å². The van der Waals surface area contributed by atoms with E-state index in [2.05, 4.69) is 20.7 Å². The molecule has 0 spiro atoms. The third-order valence-electron chi connectivity index (χ3n) is 5.25. The second-order valence-electron chi connectivity index (χ2n) is 8.16. The van der Waals surface area contributed by atoms with Crippen molar-refractivity contribution in [1.82, 2.24) is 5.32 Å². The van der Waals surface area contributed by atoms with E-state index in [-0.39, 0.29) is 23.6 Å². The van der Waals surface area contributed by atoms with Gasteiger partial charge in [-0.2, -0.15) is 0 Å². The fourth-order valence-corrected chi connectivity index (χ4v) is 3.68. The maximum atomic E-state index is 13.1. The zero-order chi connectivity index (χ0) is 24.9. The standard InChI is InChI=1S/C27H25N3O5/c1-16(2)28-25(31)18-9-11-19(12-10-18)29-24(17-7-5-4-6-8-17)23-21-14-13-20(35-27(33)34-3)15-22(21)30-26(23)32/h4-16,29H,1-3H3,(H,28,31)(H,30,32)/b24-23-. The highest BCUT2D eigenvalue weighted by atomic mass is 16.7. The average Bonchev–Trinajstić information content (AvgIpc) is 3.17. The highest BCUT2D eigenvalue weighted by Crippen LogP contribution is 2.39. The van der Waals surface area contributed by atoms with Gasteiger partial charge in [-0.1, -0.05) is 30.3 Å². The first-order chi connectivity index (χ1) is 16.9. The smallest absolute Gasteiger partial charge is 0.437 e. The monoisotopic (exact) mass is 471 g/mol. The molecule has 0 bridgehead atoms. The Balaban J connectivity index is 1.72. The zero-order valence-corrected chi connectivity index (χ0v) is 19.5. The SMILES string of the molecule is COC(=O)Oc1ccc2c(c1)NC(=O)/C2=C(\Nc1ccc(C(=O)NC(C)C)cc1)c1ccccc1. The van der Waals surface area contributed by atoms with E-state index in [1.165, 1.54) is 7.11 Å². The van der Waals surface area contributed by atoms with Gasteiger partial charge in [0.1, 0.15) is 5.75 Å². The number of carbonyl (C=O) groups excluding carboxylic acids is 3. The molecule has 0 saturated heterocycles. The molecule has 35 heavy (non-hydrogen) atoms. The highest BCUT2D eigenvalue weighted by molar-refractivity contribution is 6.37. The fourth-order valence-electron chi connectivity index (χ4n) is 3.68. The minimum absolute atomic E-state index is 0.0363. The highest BCUT2D eigenvalue weighted by Gasteiger charge is 2.29. The number of amides is 2. The maximum Gasteiger partial charge on any atom is 0.513 e. The molecule has 3 N–H and O–H groups in total. The lowest BCUT2D eigenvalue weighted by molar-refractivity contribution is -0.110. The fraction of sp³-hybridized carbons (Fsp3) is 0.148. The van der Waals surface area contributed by atoms with E-state index in [0.717, 1.165) is 5.56 Å². The number of carbonyl (C=O) groups is 3. The molecule has 0 aromatic heterocycles. The van der Waals surface area contributed by atoms with Gasteiger partial charge in [-0.15, -0.1) is 0 Å². The predicted octanol–water partition coefficient (Wildman–Crippen LogP) is 4.90. The van der Waals surface area contributed by atoms with E-state index in [4.69, 9.17) is 4.74 Å². The summed E-state index contributed by atoms with van der Waals surface area (Å²) in [5, 5.41) is 9.05. The summed E-state index contributed by atoms with van der Waals surface area (Å²) < 4.78 is 9.60. The van der Waals surface area contributed by atoms with Crippen molar-refractivity contribution >= 4 is 40.6 Å². The third kappa shape index (κ3) is 5.33. The van der Waals surface area contributed by atoms with Crippen molar-refractivity contribution in [2.45, 2.75) is 19.9 Å². The molecule has 0 unspecified atom stereocenters. The van der Waals surface area contributed by atoms with Gasteiger partial charge >= 0.3 is 6.16 Å². The molecular weight excluding hydrogens is 446 g/mol. The van der Waals surface area contributed by atoms with Crippen LogP contribution in [0.4, 0.5) is 16.2 Å². The van der Waals surface area contributed by atoms with Crippen molar-refractivity contribution in [1.29, 1.82) is 0 Å². The van der Waals surface area contributed by atoms with Gasteiger partial charge in [-0.25, -0.2) is 4.79 Å². The first-order valence-electron chi connectivity index (χ1n) is 11.0. The zero-order valence-electron chi connectivity index (χ0n) is 19.5. The Morgan fingerprint density at radius 3 is 2.29 bits per heavy atom. The van der Waals surface area contributed by atoms with Crippen LogP contribution < -0.4 is 20.7 Å². The molecule has 1 aliphatic rings. The van der Waals surface area contributed by atoms with E-state index in [0.29, 0.717) is 33.8 Å². The number of benzene rings is 3. The topological polar surface area (TPSA) is 106 Å². The second kappa shape index (κ2) is 10.1. The molecule has 0 saturated carbocycles. The van der Waals surface area contributed by atoms with Crippen molar-refractivity contribution in [3.63, 3.8) is 0 Å². The molecule has 0 aliphatic carbocycles. The molecule has 0 radical (unpaired) electrons. The molecule has 4 rings (SSSR count). The summed E-state index contributed by atoms with van der Waals surface area (Å²) in [6.45, 7) is 3.81. The molecule has 8 nitrogen and oxygen atoms in total. The molecule has 3 aromatic carbocycles. The summed E-state index contributed by atoms with van der Waals surface area (Å²) >= 11 is 0. The van der Waals surface area contributed by atoms with Crippen LogP contribution in [0.1, 0.15) is 35.3 Å². The normalized spacial score (nSPS) is 13.5. The van der Waals surface area contributed by atoms with Crippen molar-refractivity contribution in [3.8, 4) is 5.75 Å². The molecule has 0 fully saturated rings. The maximum absolute atomic E-state index is 13.1. The number of methoxy groups -OCH3 is 1. The van der Waals surface area contributed by atoms with Crippen molar-refractivity contribution < 1.29 is 23.9 Å².